The highest BCUT2D eigenvalue weighted by atomic mass is 16.3. The summed E-state index contributed by atoms with van der Waals surface area (Å²) in [6.07, 6.45) is -0.382. The lowest BCUT2D eigenvalue weighted by molar-refractivity contribution is 0.0744. The van der Waals surface area contributed by atoms with Gasteiger partial charge in [0.1, 0.15) is 0 Å². The normalized spacial score (nSPS) is 19.7. The van der Waals surface area contributed by atoms with E-state index in [1.165, 1.54) is 5.56 Å². The van der Waals surface area contributed by atoms with E-state index in [0.717, 1.165) is 44.8 Å². The average molecular weight is 290 g/mol. The van der Waals surface area contributed by atoms with E-state index in [2.05, 4.69) is 61.8 Å². The third kappa shape index (κ3) is 4.53. The van der Waals surface area contributed by atoms with Crippen LogP contribution in [0.1, 0.15) is 44.9 Å². The minimum absolute atomic E-state index is 0.167. The van der Waals surface area contributed by atoms with E-state index in [1.54, 1.807) is 0 Å². The van der Waals surface area contributed by atoms with Crippen molar-refractivity contribution in [1.82, 2.24) is 9.80 Å². The Bertz CT molecular complexity index is 428. The monoisotopic (exact) mass is 290 g/mol. The van der Waals surface area contributed by atoms with Crippen LogP contribution in [0.2, 0.25) is 0 Å². The first-order valence-electron chi connectivity index (χ1n) is 8.13. The standard InChI is InChI=1S/C18H30N2O/c1-5-19-10-12-20(13-11-19)14-17(21)15-6-8-16(9-7-15)18(2,3)4/h6-9,17,21H,5,10-14H2,1-4H3. The molecule has 1 fully saturated rings. The molecule has 2 rings (SSSR count). The van der Waals surface area contributed by atoms with E-state index >= 15 is 0 Å². The van der Waals surface area contributed by atoms with Crippen molar-refractivity contribution in [2.45, 2.75) is 39.2 Å². The fourth-order valence-corrected chi connectivity index (χ4v) is 2.84. The van der Waals surface area contributed by atoms with E-state index in [4.69, 9.17) is 0 Å². The second-order valence-electron chi connectivity index (χ2n) is 7.12. The maximum atomic E-state index is 10.4. The van der Waals surface area contributed by atoms with Crippen LogP contribution in [0.4, 0.5) is 0 Å². The summed E-state index contributed by atoms with van der Waals surface area (Å²) < 4.78 is 0. The zero-order chi connectivity index (χ0) is 15.5. The predicted molar refractivity (Wildman–Crippen MR) is 88.7 cm³/mol. The summed E-state index contributed by atoms with van der Waals surface area (Å²) in [6.45, 7) is 15.1. The number of nitrogens with zero attached hydrogens (tertiary/aromatic N) is 2. The van der Waals surface area contributed by atoms with Gasteiger partial charge in [-0.15, -0.1) is 0 Å². The molecule has 0 aliphatic carbocycles. The quantitative estimate of drug-likeness (QED) is 0.923. The van der Waals surface area contributed by atoms with Crippen molar-refractivity contribution in [1.29, 1.82) is 0 Å². The van der Waals surface area contributed by atoms with E-state index in [9.17, 15) is 5.11 Å². The Kier molecular flexibility index (Phi) is 5.42. The third-order valence-corrected chi connectivity index (χ3v) is 4.50. The molecule has 0 amide bonds. The number of hydrogen-bond donors (Lipinski definition) is 1. The molecule has 1 N–H and O–H groups in total. The first-order valence-corrected chi connectivity index (χ1v) is 8.13. The molecule has 1 aliphatic rings. The molecule has 0 aromatic heterocycles. The molecule has 1 heterocycles. The largest absolute Gasteiger partial charge is 0.387 e. The molecule has 3 nitrogen and oxygen atoms in total. The second-order valence-corrected chi connectivity index (χ2v) is 7.12. The molecule has 1 aliphatic heterocycles. The summed E-state index contributed by atoms with van der Waals surface area (Å²) in [6, 6.07) is 8.45. The van der Waals surface area contributed by atoms with Crippen molar-refractivity contribution in [3.05, 3.63) is 35.4 Å². The topological polar surface area (TPSA) is 26.7 Å². The van der Waals surface area contributed by atoms with Crippen molar-refractivity contribution < 1.29 is 5.11 Å². The van der Waals surface area contributed by atoms with Crippen molar-refractivity contribution >= 4 is 0 Å². The van der Waals surface area contributed by atoms with Crippen LogP contribution < -0.4 is 0 Å². The molecule has 3 heteroatoms. The van der Waals surface area contributed by atoms with Gasteiger partial charge in [-0.2, -0.15) is 0 Å². The lowest BCUT2D eigenvalue weighted by Crippen LogP contribution is -2.47. The Balaban J connectivity index is 1.90. The van der Waals surface area contributed by atoms with Crippen molar-refractivity contribution in [3.8, 4) is 0 Å². The SMILES string of the molecule is CCN1CCN(CC(O)c2ccc(C(C)(C)C)cc2)CC1. The molecule has 1 unspecified atom stereocenters. The third-order valence-electron chi connectivity index (χ3n) is 4.50. The van der Waals surface area contributed by atoms with E-state index in [1.807, 2.05) is 0 Å². The van der Waals surface area contributed by atoms with Gasteiger partial charge < -0.3 is 10.0 Å². The zero-order valence-electron chi connectivity index (χ0n) is 14.0. The molecule has 0 spiro atoms. The van der Waals surface area contributed by atoms with Crippen molar-refractivity contribution in [2.24, 2.45) is 0 Å². The summed E-state index contributed by atoms with van der Waals surface area (Å²) in [5, 5.41) is 10.4. The molecule has 0 saturated carbocycles. The van der Waals surface area contributed by atoms with Gasteiger partial charge in [-0.3, -0.25) is 4.90 Å². The first kappa shape index (κ1) is 16.5. The number of aliphatic hydroxyl groups excluding tert-OH is 1. The lowest BCUT2D eigenvalue weighted by atomic mass is 9.86. The van der Waals surface area contributed by atoms with E-state index in [-0.39, 0.29) is 11.5 Å². The highest BCUT2D eigenvalue weighted by molar-refractivity contribution is 5.28. The molecular formula is C18H30N2O. The van der Waals surface area contributed by atoms with Crippen LogP contribution in [0.3, 0.4) is 0 Å². The minimum atomic E-state index is -0.382. The Morgan fingerprint density at radius 1 is 1.00 bits per heavy atom. The summed E-state index contributed by atoms with van der Waals surface area (Å²) in [5.41, 5.74) is 2.51. The number of rotatable bonds is 4. The number of aliphatic hydroxyl groups is 1. The van der Waals surface area contributed by atoms with Crippen LogP contribution >= 0.6 is 0 Å². The molecule has 1 aromatic rings. The molecule has 0 radical (unpaired) electrons. The predicted octanol–water partition coefficient (Wildman–Crippen LogP) is 2.66. The molecule has 0 bridgehead atoms. The van der Waals surface area contributed by atoms with Gasteiger partial charge in [0.15, 0.2) is 0 Å². The summed E-state index contributed by atoms with van der Waals surface area (Å²) in [4.78, 5) is 4.83. The fraction of sp³-hybridized carbons (Fsp3) is 0.667. The number of β-amino-alcohol motifs (C(OH)–C–C–N with tert-alkyl or cyclic N) is 1. The molecule has 21 heavy (non-hydrogen) atoms. The van der Waals surface area contributed by atoms with E-state index < -0.39 is 0 Å². The second kappa shape index (κ2) is 6.91. The van der Waals surface area contributed by atoms with Crippen LogP contribution in [0.15, 0.2) is 24.3 Å². The van der Waals surface area contributed by atoms with Gasteiger partial charge in [0.2, 0.25) is 0 Å². The Hall–Kier alpha value is -0.900. The first-order chi connectivity index (χ1) is 9.90. The summed E-state index contributed by atoms with van der Waals surface area (Å²) >= 11 is 0. The molecular weight excluding hydrogens is 260 g/mol. The van der Waals surface area contributed by atoms with Crippen molar-refractivity contribution in [2.75, 3.05) is 39.3 Å². The molecule has 1 atom stereocenters. The van der Waals surface area contributed by atoms with Crippen molar-refractivity contribution in [3.63, 3.8) is 0 Å². The molecule has 118 valence electrons. The van der Waals surface area contributed by atoms with Gasteiger partial charge in [-0.25, -0.2) is 0 Å². The van der Waals surface area contributed by atoms with Crippen LogP contribution in [0.5, 0.6) is 0 Å². The highest BCUT2D eigenvalue weighted by Gasteiger charge is 2.19. The van der Waals surface area contributed by atoms with Gasteiger partial charge in [0.05, 0.1) is 6.10 Å². The van der Waals surface area contributed by atoms with Gasteiger partial charge >= 0.3 is 0 Å². The van der Waals surface area contributed by atoms with Gasteiger partial charge in [0.25, 0.3) is 0 Å². The van der Waals surface area contributed by atoms with Crippen LogP contribution in [-0.2, 0) is 5.41 Å². The van der Waals surface area contributed by atoms with Gasteiger partial charge in [0, 0.05) is 32.7 Å². The van der Waals surface area contributed by atoms with Gasteiger partial charge in [-0.1, -0.05) is 52.0 Å². The van der Waals surface area contributed by atoms with Crippen LogP contribution in [0.25, 0.3) is 0 Å². The van der Waals surface area contributed by atoms with E-state index in [0.29, 0.717) is 0 Å². The van der Waals surface area contributed by atoms with Crippen LogP contribution in [-0.4, -0.2) is 54.2 Å². The number of hydrogen-bond acceptors (Lipinski definition) is 3. The summed E-state index contributed by atoms with van der Waals surface area (Å²) in [5.74, 6) is 0. The molecule has 1 aromatic carbocycles. The smallest absolute Gasteiger partial charge is 0.0916 e. The molecule has 1 saturated heterocycles. The zero-order valence-corrected chi connectivity index (χ0v) is 14.0. The maximum absolute atomic E-state index is 10.4. The Morgan fingerprint density at radius 2 is 1.52 bits per heavy atom. The summed E-state index contributed by atoms with van der Waals surface area (Å²) in [7, 11) is 0. The number of piperazine rings is 1. The number of likely N-dealkylation sites (N-methyl/N-ethyl adjacent to an activating group) is 1. The maximum Gasteiger partial charge on any atom is 0.0916 e. The minimum Gasteiger partial charge on any atom is -0.387 e. The lowest BCUT2D eigenvalue weighted by Gasteiger charge is -2.35. The number of benzene rings is 1. The van der Waals surface area contributed by atoms with Crippen LogP contribution in [0, 0.1) is 0 Å². The average Bonchev–Trinajstić information content (AvgIpc) is 2.47. The Labute approximate surface area is 129 Å². The fourth-order valence-electron chi connectivity index (χ4n) is 2.84. The Morgan fingerprint density at radius 3 is 2.00 bits per heavy atom. The highest BCUT2D eigenvalue weighted by Crippen LogP contribution is 2.24. The van der Waals surface area contributed by atoms with Gasteiger partial charge in [-0.05, 0) is 23.1 Å².